The first kappa shape index (κ1) is 14.1. The standard InChI is InChI=1S/C18H27NO/c1-3-18(4-2)12-16(9-10-20-18)19-13-15-11-14-7-5-6-8-17(14)15/h5-8,15-16,19H,3-4,9-13H2,1-2H3. The minimum Gasteiger partial charge on any atom is -0.375 e. The largest absolute Gasteiger partial charge is 0.375 e. The third-order valence-electron chi connectivity index (χ3n) is 5.40. The Labute approximate surface area is 122 Å². The quantitative estimate of drug-likeness (QED) is 0.884. The summed E-state index contributed by atoms with van der Waals surface area (Å²) in [5, 5.41) is 3.81. The van der Waals surface area contributed by atoms with E-state index in [1.807, 2.05) is 0 Å². The SMILES string of the molecule is CCC1(CC)CC(NCC2Cc3ccccc32)CCO1. The maximum Gasteiger partial charge on any atom is 0.0692 e. The van der Waals surface area contributed by atoms with Crippen molar-refractivity contribution in [3.63, 3.8) is 0 Å². The molecule has 1 N–H and O–H groups in total. The minimum absolute atomic E-state index is 0.132. The molecule has 2 aliphatic rings. The van der Waals surface area contributed by atoms with Gasteiger partial charge in [0.1, 0.15) is 0 Å². The number of benzene rings is 1. The molecular formula is C18H27NO. The summed E-state index contributed by atoms with van der Waals surface area (Å²) < 4.78 is 6.06. The lowest BCUT2D eigenvalue weighted by Crippen LogP contribution is -2.47. The van der Waals surface area contributed by atoms with Crippen LogP contribution in [0.2, 0.25) is 0 Å². The second-order valence-electron chi connectivity index (χ2n) is 6.44. The summed E-state index contributed by atoms with van der Waals surface area (Å²) in [6.45, 7) is 6.56. The fraction of sp³-hybridized carbons (Fsp3) is 0.667. The second kappa shape index (κ2) is 5.87. The van der Waals surface area contributed by atoms with Crippen LogP contribution in [0.1, 0.15) is 56.6 Å². The van der Waals surface area contributed by atoms with Gasteiger partial charge in [0.05, 0.1) is 5.60 Å². The molecule has 1 aliphatic carbocycles. The molecule has 1 saturated heterocycles. The van der Waals surface area contributed by atoms with E-state index in [1.165, 1.54) is 12.8 Å². The molecule has 1 fully saturated rings. The molecule has 1 aliphatic heterocycles. The van der Waals surface area contributed by atoms with Gasteiger partial charge in [-0.05, 0) is 43.2 Å². The fourth-order valence-electron chi connectivity index (χ4n) is 3.80. The molecule has 2 atom stereocenters. The molecular weight excluding hydrogens is 246 g/mol. The van der Waals surface area contributed by atoms with Crippen LogP contribution >= 0.6 is 0 Å². The van der Waals surface area contributed by atoms with Crippen molar-refractivity contribution in [2.75, 3.05) is 13.2 Å². The highest BCUT2D eigenvalue weighted by Crippen LogP contribution is 2.35. The van der Waals surface area contributed by atoms with Crippen LogP contribution in [0.4, 0.5) is 0 Å². The van der Waals surface area contributed by atoms with E-state index >= 15 is 0 Å². The summed E-state index contributed by atoms with van der Waals surface area (Å²) in [7, 11) is 0. The van der Waals surface area contributed by atoms with Crippen LogP contribution in [0.3, 0.4) is 0 Å². The van der Waals surface area contributed by atoms with Crippen LogP contribution in [0.15, 0.2) is 24.3 Å². The van der Waals surface area contributed by atoms with Crippen molar-refractivity contribution < 1.29 is 4.74 Å². The van der Waals surface area contributed by atoms with Gasteiger partial charge in [0.15, 0.2) is 0 Å². The first-order valence-corrected chi connectivity index (χ1v) is 8.21. The summed E-state index contributed by atoms with van der Waals surface area (Å²) >= 11 is 0. The average Bonchev–Trinajstić information content (AvgIpc) is 2.48. The van der Waals surface area contributed by atoms with Gasteiger partial charge < -0.3 is 10.1 Å². The molecule has 0 amide bonds. The molecule has 0 bridgehead atoms. The van der Waals surface area contributed by atoms with Gasteiger partial charge >= 0.3 is 0 Å². The van der Waals surface area contributed by atoms with E-state index in [2.05, 4.69) is 43.4 Å². The predicted octanol–water partition coefficient (Wildman–Crippen LogP) is 3.65. The topological polar surface area (TPSA) is 21.3 Å². The molecule has 110 valence electrons. The van der Waals surface area contributed by atoms with Crippen LogP contribution < -0.4 is 5.32 Å². The Kier molecular flexibility index (Phi) is 4.13. The highest BCUT2D eigenvalue weighted by Gasteiger charge is 2.35. The van der Waals surface area contributed by atoms with Crippen LogP contribution in [0.25, 0.3) is 0 Å². The summed E-state index contributed by atoms with van der Waals surface area (Å²) in [5.41, 5.74) is 3.24. The number of hydrogen-bond donors (Lipinski definition) is 1. The maximum absolute atomic E-state index is 6.06. The lowest BCUT2D eigenvalue weighted by atomic mass is 9.77. The van der Waals surface area contributed by atoms with E-state index in [4.69, 9.17) is 4.74 Å². The predicted molar refractivity (Wildman–Crippen MR) is 83.2 cm³/mol. The molecule has 2 heteroatoms. The third kappa shape index (κ3) is 2.64. The number of rotatable bonds is 5. The first-order valence-electron chi connectivity index (χ1n) is 8.21. The number of nitrogens with one attached hydrogen (secondary N) is 1. The van der Waals surface area contributed by atoms with Gasteiger partial charge in [-0.1, -0.05) is 38.1 Å². The monoisotopic (exact) mass is 273 g/mol. The Morgan fingerprint density at radius 2 is 2.05 bits per heavy atom. The Hall–Kier alpha value is -0.860. The van der Waals surface area contributed by atoms with Gasteiger partial charge in [0, 0.05) is 25.1 Å². The van der Waals surface area contributed by atoms with Gasteiger partial charge in [-0.15, -0.1) is 0 Å². The highest BCUT2D eigenvalue weighted by molar-refractivity contribution is 5.40. The normalized spacial score (nSPS) is 27.7. The Balaban J connectivity index is 1.52. The van der Waals surface area contributed by atoms with Crippen molar-refractivity contribution in [3.05, 3.63) is 35.4 Å². The van der Waals surface area contributed by atoms with Crippen molar-refractivity contribution in [1.29, 1.82) is 0 Å². The van der Waals surface area contributed by atoms with Crippen molar-refractivity contribution >= 4 is 0 Å². The smallest absolute Gasteiger partial charge is 0.0692 e. The Bertz CT molecular complexity index is 452. The lowest BCUT2D eigenvalue weighted by Gasteiger charge is -2.41. The molecule has 20 heavy (non-hydrogen) atoms. The minimum atomic E-state index is 0.132. The summed E-state index contributed by atoms with van der Waals surface area (Å²) in [6.07, 6.45) is 5.85. The lowest BCUT2D eigenvalue weighted by molar-refractivity contribution is -0.0931. The van der Waals surface area contributed by atoms with Crippen molar-refractivity contribution in [2.24, 2.45) is 0 Å². The van der Waals surface area contributed by atoms with E-state index in [0.29, 0.717) is 6.04 Å². The van der Waals surface area contributed by atoms with E-state index in [-0.39, 0.29) is 5.60 Å². The summed E-state index contributed by atoms with van der Waals surface area (Å²) in [6, 6.07) is 9.50. The molecule has 0 saturated carbocycles. The molecule has 1 aromatic rings. The van der Waals surface area contributed by atoms with E-state index in [9.17, 15) is 0 Å². The first-order chi connectivity index (χ1) is 9.76. The highest BCUT2D eigenvalue weighted by atomic mass is 16.5. The summed E-state index contributed by atoms with van der Waals surface area (Å²) in [4.78, 5) is 0. The van der Waals surface area contributed by atoms with Gasteiger partial charge in [-0.25, -0.2) is 0 Å². The molecule has 2 unspecified atom stereocenters. The van der Waals surface area contributed by atoms with Crippen LogP contribution in [-0.4, -0.2) is 24.8 Å². The summed E-state index contributed by atoms with van der Waals surface area (Å²) in [5.74, 6) is 0.728. The van der Waals surface area contributed by atoms with Crippen molar-refractivity contribution in [1.82, 2.24) is 5.32 Å². The Morgan fingerprint density at radius 1 is 1.25 bits per heavy atom. The van der Waals surface area contributed by atoms with E-state index in [1.54, 1.807) is 11.1 Å². The second-order valence-corrected chi connectivity index (χ2v) is 6.44. The van der Waals surface area contributed by atoms with E-state index < -0.39 is 0 Å². The van der Waals surface area contributed by atoms with Gasteiger partial charge in [0.25, 0.3) is 0 Å². The zero-order chi connectivity index (χ0) is 14.0. The fourth-order valence-corrected chi connectivity index (χ4v) is 3.80. The number of fused-ring (bicyclic) bond motifs is 1. The molecule has 2 nitrogen and oxygen atoms in total. The molecule has 1 aromatic carbocycles. The average molecular weight is 273 g/mol. The zero-order valence-electron chi connectivity index (χ0n) is 12.8. The van der Waals surface area contributed by atoms with Crippen molar-refractivity contribution in [2.45, 2.75) is 63.5 Å². The number of hydrogen-bond acceptors (Lipinski definition) is 2. The molecule has 1 heterocycles. The maximum atomic E-state index is 6.06. The Morgan fingerprint density at radius 3 is 2.80 bits per heavy atom. The van der Waals surface area contributed by atoms with Crippen LogP contribution in [-0.2, 0) is 11.2 Å². The van der Waals surface area contributed by atoms with Gasteiger partial charge in [0.2, 0.25) is 0 Å². The molecule has 0 aromatic heterocycles. The molecule has 3 rings (SSSR count). The van der Waals surface area contributed by atoms with Crippen LogP contribution in [0.5, 0.6) is 0 Å². The van der Waals surface area contributed by atoms with Crippen molar-refractivity contribution in [3.8, 4) is 0 Å². The van der Waals surface area contributed by atoms with E-state index in [0.717, 1.165) is 38.3 Å². The van der Waals surface area contributed by atoms with Gasteiger partial charge in [-0.3, -0.25) is 0 Å². The van der Waals surface area contributed by atoms with Gasteiger partial charge in [-0.2, -0.15) is 0 Å². The van der Waals surface area contributed by atoms with Crippen LogP contribution in [0, 0.1) is 0 Å². The molecule has 0 radical (unpaired) electrons. The number of ether oxygens (including phenoxy) is 1. The molecule has 0 spiro atoms. The third-order valence-corrected chi connectivity index (χ3v) is 5.40. The zero-order valence-corrected chi connectivity index (χ0v) is 12.8.